The molecule has 0 radical (unpaired) electrons. The highest BCUT2D eigenvalue weighted by Gasteiger charge is 2.36. The number of pyridine rings is 2. The predicted octanol–water partition coefficient (Wildman–Crippen LogP) is 4.10. The van der Waals surface area contributed by atoms with Gasteiger partial charge in [0.25, 0.3) is 11.8 Å². The molecule has 8 heteroatoms. The number of amides is 2. The molecule has 32 heavy (non-hydrogen) atoms. The number of nitrogens with one attached hydrogen (secondary N) is 1. The van der Waals surface area contributed by atoms with E-state index in [0.717, 1.165) is 22.5 Å². The van der Waals surface area contributed by atoms with Gasteiger partial charge in [0.2, 0.25) is 0 Å². The van der Waals surface area contributed by atoms with E-state index in [1.807, 2.05) is 32.0 Å². The van der Waals surface area contributed by atoms with Crippen LogP contribution in [0, 0.1) is 6.92 Å². The van der Waals surface area contributed by atoms with Gasteiger partial charge in [-0.05, 0) is 55.3 Å². The third-order valence-corrected chi connectivity index (χ3v) is 6.35. The van der Waals surface area contributed by atoms with Crippen molar-refractivity contribution in [3.63, 3.8) is 0 Å². The largest absolute Gasteiger partial charge is 0.377 e. The first-order valence-electron chi connectivity index (χ1n) is 10.5. The lowest BCUT2D eigenvalue weighted by Gasteiger charge is -2.40. The maximum Gasteiger partial charge on any atom is 0.259 e. The second kappa shape index (κ2) is 7.91. The van der Waals surface area contributed by atoms with Gasteiger partial charge in [0, 0.05) is 36.1 Å². The van der Waals surface area contributed by atoms with Crippen LogP contribution in [0.1, 0.15) is 44.8 Å². The van der Waals surface area contributed by atoms with Crippen LogP contribution in [0.3, 0.4) is 0 Å². The van der Waals surface area contributed by atoms with Gasteiger partial charge < -0.3 is 10.2 Å². The standard InChI is InChI=1S/C24H22ClN5O2/c1-14-5-6-26-11-22(14)23(31)29-12-18(13-29)28-17-8-19(10-27-9-17)30-15(2)21-7-16(25)3-4-20(21)24(30)32/h3-11,15,18,28H,12-13H2,1-2H3/t15-/m0/s1. The summed E-state index contributed by atoms with van der Waals surface area (Å²) in [5, 5.41) is 4.04. The Labute approximate surface area is 191 Å². The molecular weight excluding hydrogens is 426 g/mol. The lowest BCUT2D eigenvalue weighted by molar-refractivity contribution is 0.0624. The number of hydrogen-bond donors (Lipinski definition) is 1. The van der Waals surface area contributed by atoms with Gasteiger partial charge in [0.15, 0.2) is 0 Å². The summed E-state index contributed by atoms with van der Waals surface area (Å²) >= 11 is 6.13. The van der Waals surface area contributed by atoms with E-state index in [0.29, 0.717) is 29.2 Å². The van der Waals surface area contributed by atoms with E-state index in [9.17, 15) is 9.59 Å². The van der Waals surface area contributed by atoms with Gasteiger partial charge in [0.1, 0.15) is 0 Å². The first-order valence-corrected chi connectivity index (χ1v) is 10.8. The minimum absolute atomic E-state index is 0.00607. The highest BCUT2D eigenvalue weighted by molar-refractivity contribution is 6.31. The summed E-state index contributed by atoms with van der Waals surface area (Å²) in [6, 6.07) is 9.11. The van der Waals surface area contributed by atoms with Crippen molar-refractivity contribution in [1.82, 2.24) is 14.9 Å². The van der Waals surface area contributed by atoms with Crippen LogP contribution in [-0.4, -0.2) is 45.8 Å². The van der Waals surface area contributed by atoms with E-state index in [-0.39, 0.29) is 23.9 Å². The van der Waals surface area contributed by atoms with Crippen LogP contribution < -0.4 is 10.2 Å². The van der Waals surface area contributed by atoms with E-state index >= 15 is 0 Å². The van der Waals surface area contributed by atoms with Crippen LogP contribution in [0.25, 0.3) is 0 Å². The Morgan fingerprint density at radius 1 is 1.12 bits per heavy atom. The Hall–Kier alpha value is -3.45. The van der Waals surface area contributed by atoms with Gasteiger partial charge in [-0.2, -0.15) is 0 Å². The third-order valence-electron chi connectivity index (χ3n) is 6.11. The summed E-state index contributed by atoms with van der Waals surface area (Å²) in [6.07, 6.45) is 6.72. The van der Waals surface area contributed by atoms with Gasteiger partial charge in [0.05, 0.1) is 41.4 Å². The molecular formula is C24H22ClN5O2. The molecule has 1 N–H and O–H groups in total. The topological polar surface area (TPSA) is 78.4 Å². The van der Waals surface area contributed by atoms with Crippen LogP contribution >= 0.6 is 11.6 Å². The van der Waals surface area contributed by atoms with E-state index < -0.39 is 0 Å². The van der Waals surface area contributed by atoms with Crippen LogP contribution in [0.2, 0.25) is 5.02 Å². The van der Waals surface area contributed by atoms with Crippen molar-refractivity contribution in [2.75, 3.05) is 23.3 Å². The number of carbonyl (C=O) groups is 2. The van der Waals surface area contributed by atoms with Crippen molar-refractivity contribution in [3.8, 4) is 0 Å². The Kier molecular flexibility index (Phi) is 5.06. The molecule has 2 amide bonds. The van der Waals surface area contributed by atoms with Gasteiger partial charge >= 0.3 is 0 Å². The second-order valence-electron chi connectivity index (χ2n) is 8.26. The van der Waals surface area contributed by atoms with Gasteiger partial charge in [-0.1, -0.05) is 11.6 Å². The van der Waals surface area contributed by atoms with Crippen molar-refractivity contribution < 1.29 is 9.59 Å². The van der Waals surface area contributed by atoms with Crippen molar-refractivity contribution in [2.24, 2.45) is 0 Å². The molecule has 1 saturated heterocycles. The number of aryl methyl sites for hydroxylation is 1. The van der Waals surface area contributed by atoms with Crippen molar-refractivity contribution in [3.05, 3.63) is 82.4 Å². The first kappa shape index (κ1) is 20.5. The number of fused-ring (bicyclic) bond motifs is 1. The lowest BCUT2D eigenvalue weighted by atomic mass is 10.0. The van der Waals surface area contributed by atoms with Crippen molar-refractivity contribution >= 4 is 34.8 Å². The van der Waals surface area contributed by atoms with Gasteiger partial charge in [-0.25, -0.2) is 0 Å². The molecule has 0 saturated carbocycles. The Morgan fingerprint density at radius 3 is 2.72 bits per heavy atom. The number of carbonyl (C=O) groups excluding carboxylic acids is 2. The summed E-state index contributed by atoms with van der Waals surface area (Å²) in [5.41, 5.74) is 4.67. The molecule has 0 spiro atoms. The fraction of sp³-hybridized carbons (Fsp3) is 0.250. The Balaban J connectivity index is 1.27. The van der Waals surface area contributed by atoms with E-state index in [2.05, 4.69) is 15.3 Å². The maximum atomic E-state index is 13.0. The summed E-state index contributed by atoms with van der Waals surface area (Å²) in [6.45, 7) is 5.09. The SMILES string of the molecule is Cc1ccncc1C(=O)N1CC(Nc2cncc(N3C(=O)c4ccc(Cl)cc4[C@@H]3C)c2)C1. The number of halogens is 1. The number of likely N-dealkylation sites (tertiary alicyclic amines) is 1. The molecule has 0 bridgehead atoms. The average molecular weight is 448 g/mol. The fourth-order valence-corrected chi connectivity index (χ4v) is 4.51. The number of aromatic nitrogens is 2. The molecule has 4 heterocycles. The number of benzene rings is 1. The zero-order chi connectivity index (χ0) is 22.4. The number of hydrogen-bond acceptors (Lipinski definition) is 5. The molecule has 5 rings (SSSR count). The average Bonchev–Trinajstić information content (AvgIpc) is 3.00. The van der Waals surface area contributed by atoms with Crippen LogP contribution in [0.5, 0.6) is 0 Å². The number of anilines is 2. The monoisotopic (exact) mass is 447 g/mol. The first-order chi connectivity index (χ1) is 15.4. The molecule has 0 aliphatic carbocycles. The molecule has 3 aromatic rings. The summed E-state index contributed by atoms with van der Waals surface area (Å²) in [5.74, 6) is -0.0659. The smallest absolute Gasteiger partial charge is 0.259 e. The van der Waals surface area contributed by atoms with E-state index in [1.165, 1.54) is 0 Å². The van der Waals surface area contributed by atoms with Crippen LogP contribution in [0.15, 0.2) is 55.1 Å². The third kappa shape index (κ3) is 3.48. The van der Waals surface area contributed by atoms with Gasteiger partial charge in [-0.3, -0.25) is 24.5 Å². The molecule has 1 aromatic carbocycles. The zero-order valence-electron chi connectivity index (χ0n) is 17.7. The molecule has 162 valence electrons. The van der Waals surface area contributed by atoms with Gasteiger partial charge in [-0.15, -0.1) is 0 Å². The highest BCUT2D eigenvalue weighted by Crippen LogP contribution is 2.38. The molecule has 2 aliphatic rings. The minimum atomic E-state index is -0.132. The Morgan fingerprint density at radius 2 is 1.94 bits per heavy atom. The van der Waals surface area contributed by atoms with Crippen LogP contribution in [-0.2, 0) is 0 Å². The normalized spacial score (nSPS) is 17.8. The lowest BCUT2D eigenvalue weighted by Crippen LogP contribution is -2.57. The second-order valence-corrected chi connectivity index (χ2v) is 8.69. The Bertz CT molecular complexity index is 1220. The molecule has 1 fully saturated rings. The van der Waals surface area contributed by atoms with E-state index in [4.69, 9.17) is 11.6 Å². The zero-order valence-corrected chi connectivity index (χ0v) is 18.5. The number of rotatable bonds is 4. The molecule has 1 atom stereocenters. The predicted molar refractivity (Wildman–Crippen MR) is 123 cm³/mol. The maximum absolute atomic E-state index is 13.0. The van der Waals surface area contributed by atoms with Crippen molar-refractivity contribution in [1.29, 1.82) is 0 Å². The van der Waals surface area contributed by atoms with Crippen LogP contribution in [0.4, 0.5) is 11.4 Å². The minimum Gasteiger partial charge on any atom is -0.377 e. The quantitative estimate of drug-likeness (QED) is 0.651. The highest BCUT2D eigenvalue weighted by atomic mass is 35.5. The molecule has 0 unspecified atom stereocenters. The summed E-state index contributed by atoms with van der Waals surface area (Å²) in [4.78, 5) is 37.6. The summed E-state index contributed by atoms with van der Waals surface area (Å²) in [7, 11) is 0. The fourth-order valence-electron chi connectivity index (χ4n) is 4.33. The summed E-state index contributed by atoms with van der Waals surface area (Å²) < 4.78 is 0. The molecule has 2 aromatic heterocycles. The van der Waals surface area contributed by atoms with E-state index in [1.54, 1.807) is 46.7 Å². The number of nitrogens with zero attached hydrogens (tertiary/aromatic N) is 4. The molecule has 2 aliphatic heterocycles. The van der Waals surface area contributed by atoms with Crippen molar-refractivity contribution in [2.45, 2.75) is 25.9 Å². The molecule has 7 nitrogen and oxygen atoms in total.